The third-order valence-corrected chi connectivity index (χ3v) is 4.16. The van der Waals surface area contributed by atoms with E-state index in [4.69, 9.17) is 15.2 Å². The van der Waals surface area contributed by atoms with E-state index in [1.807, 2.05) is 13.0 Å². The van der Waals surface area contributed by atoms with Gasteiger partial charge in [-0.3, -0.25) is 4.79 Å². The maximum atomic E-state index is 12.4. The zero-order valence-electron chi connectivity index (χ0n) is 12.3. The van der Waals surface area contributed by atoms with Gasteiger partial charge >= 0.3 is 0 Å². The fraction of sp³-hybridized carbons (Fsp3) is 0.533. The Morgan fingerprint density at radius 1 is 1.30 bits per heavy atom. The Kier molecular flexibility index (Phi) is 4.18. The maximum absolute atomic E-state index is 12.4. The molecule has 0 atom stereocenters. The van der Waals surface area contributed by atoms with Crippen LogP contribution < -0.4 is 20.5 Å². The molecule has 5 heteroatoms. The Morgan fingerprint density at radius 2 is 1.90 bits per heavy atom. The minimum Gasteiger partial charge on any atom is -0.493 e. The predicted octanol–water partition coefficient (Wildman–Crippen LogP) is 2.08. The molecule has 0 spiro atoms. The van der Waals surface area contributed by atoms with E-state index in [1.165, 1.54) is 0 Å². The molecule has 0 aromatic heterocycles. The molecular formula is C15H22N2O3. The molecule has 5 nitrogen and oxygen atoms in total. The van der Waals surface area contributed by atoms with Gasteiger partial charge in [-0.05, 0) is 31.4 Å². The first-order valence-electron chi connectivity index (χ1n) is 6.80. The van der Waals surface area contributed by atoms with Crippen molar-refractivity contribution in [3.05, 3.63) is 17.7 Å². The number of benzene rings is 1. The second-order valence-corrected chi connectivity index (χ2v) is 5.31. The highest BCUT2D eigenvalue weighted by Gasteiger charge is 2.42. The molecule has 2 rings (SSSR count). The van der Waals surface area contributed by atoms with Crippen LogP contribution in [0.25, 0.3) is 0 Å². The summed E-state index contributed by atoms with van der Waals surface area (Å²) in [6.07, 6.45) is 2.79. The van der Waals surface area contributed by atoms with Crippen LogP contribution in [0.3, 0.4) is 0 Å². The van der Waals surface area contributed by atoms with Crippen molar-refractivity contribution in [3.8, 4) is 11.5 Å². The monoisotopic (exact) mass is 278 g/mol. The molecule has 3 N–H and O–H groups in total. The van der Waals surface area contributed by atoms with Crippen LogP contribution in [0.4, 0.5) is 5.69 Å². The molecule has 20 heavy (non-hydrogen) atoms. The average Bonchev–Trinajstić information content (AvgIpc) is 2.40. The van der Waals surface area contributed by atoms with Gasteiger partial charge in [0.2, 0.25) is 5.91 Å². The minimum absolute atomic E-state index is 0.00145. The summed E-state index contributed by atoms with van der Waals surface area (Å²) in [5.74, 6) is 1.26. The van der Waals surface area contributed by atoms with Gasteiger partial charge in [-0.15, -0.1) is 0 Å². The van der Waals surface area contributed by atoms with Crippen LogP contribution in [0.1, 0.15) is 24.8 Å². The summed E-state index contributed by atoms with van der Waals surface area (Å²) < 4.78 is 10.5. The molecule has 0 saturated heterocycles. The predicted molar refractivity (Wildman–Crippen MR) is 78.3 cm³/mol. The van der Waals surface area contributed by atoms with Crippen molar-refractivity contribution in [2.75, 3.05) is 26.1 Å². The number of ether oxygens (including phenoxy) is 2. The molecule has 0 heterocycles. The van der Waals surface area contributed by atoms with Gasteiger partial charge in [0.1, 0.15) is 0 Å². The number of amides is 1. The van der Waals surface area contributed by atoms with E-state index in [2.05, 4.69) is 5.32 Å². The highest BCUT2D eigenvalue weighted by molar-refractivity contribution is 5.97. The molecule has 0 radical (unpaired) electrons. The van der Waals surface area contributed by atoms with Gasteiger partial charge in [0.15, 0.2) is 11.5 Å². The lowest BCUT2D eigenvalue weighted by molar-refractivity contribution is -0.129. The van der Waals surface area contributed by atoms with Crippen LogP contribution in [0.15, 0.2) is 12.1 Å². The summed E-state index contributed by atoms with van der Waals surface area (Å²) in [6.45, 7) is 2.32. The van der Waals surface area contributed by atoms with Crippen LogP contribution >= 0.6 is 0 Å². The first-order chi connectivity index (χ1) is 9.56. The Labute approximate surface area is 119 Å². The Balaban J connectivity index is 2.23. The number of hydrogen-bond donors (Lipinski definition) is 2. The molecule has 1 amide bonds. The quantitative estimate of drug-likeness (QED) is 0.865. The van der Waals surface area contributed by atoms with Crippen LogP contribution in [0.5, 0.6) is 11.5 Å². The molecule has 1 aromatic carbocycles. The molecule has 1 aliphatic carbocycles. The molecule has 1 saturated carbocycles. The third-order valence-electron chi connectivity index (χ3n) is 4.16. The molecular weight excluding hydrogens is 256 g/mol. The zero-order valence-corrected chi connectivity index (χ0v) is 12.3. The first-order valence-corrected chi connectivity index (χ1v) is 6.80. The fourth-order valence-electron chi connectivity index (χ4n) is 2.50. The maximum Gasteiger partial charge on any atom is 0.231 e. The van der Waals surface area contributed by atoms with Gasteiger partial charge < -0.3 is 20.5 Å². The van der Waals surface area contributed by atoms with Crippen molar-refractivity contribution in [3.63, 3.8) is 0 Å². The van der Waals surface area contributed by atoms with Crippen molar-refractivity contribution in [1.82, 2.24) is 0 Å². The van der Waals surface area contributed by atoms with E-state index in [9.17, 15) is 4.79 Å². The van der Waals surface area contributed by atoms with E-state index in [0.29, 0.717) is 18.0 Å². The van der Waals surface area contributed by atoms with E-state index >= 15 is 0 Å². The smallest absolute Gasteiger partial charge is 0.231 e. The summed E-state index contributed by atoms with van der Waals surface area (Å²) in [7, 11) is 3.17. The zero-order chi connectivity index (χ0) is 14.8. The van der Waals surface area contributed by atoms with Gasteiger partial charge in [0, 0.05) is 18.3 Å². The standard InChI is InChI=1S/C15H22N2O3/c1-10-7-12(19-2)13(20-3)8-11(10)17-14(18)15(9-16)5-4-6-15/h7-8H,4-6,9,16H2,1-3H3,(H,17,18). The first kappa shape index (κ1) is 14.7. The molecule has 1 aromatic rings. The fourth-order valence-corrected chi connectivity index (χ4v) is 2.50. The van der Waals surface area contributed by atoms with E-state index in [0.717, 1.165) is 30.5 Å². The average molecular weight is 278 g/mol. The van der Waals surface area contributed by atoms with Crippen LogP contribution in [-0.4, -0.2) is 26.7 Å². The number of aryl methyl sites for hydroxylation is 1. The topological polar surface area (TPSA) is 73.6 Å². The van der Waals surface area contributed by atoms with Crippen molar-refractivity contribution < 1.29 is 14.3 Å². The molecule has 1 aliphatic rings. The number of hydrogen-bond acceptors (Lipinski definition) is 4. The van der Waals surface area contributed by atoms with Gasteiger partial charge in [-0.2, -0.15) is 0 Å². The van der Waals surface area contributed by atoms with Gasteiger partial charge in [-0.25, -0.2) is 0 Å². The van der Waals surface area contributed by atoms with E-state index in [1.54, 1.807) is 20.3 Å². The lowest BCUT2D eigenvalue weighted by Gasteiger charge is -2.39. The number of nitrogens with two attached hydrogens (primary N) is 1. The molecule has 0 bridgehead atoms. The summed E-state index contributed by atoms with van der Waals surface area (Å²) in [4.78, 5) is 12.4. The summed E-state index contributed by atoms with van der Waals surface area (Å²) in [6, 6.07) is 3.64. The Hall–Kier alpha value is -1.75. The lowest BCUT2D eigenvalue weighted by atomic mass is 9.68. The second kappa shape index (κ2) is 5.71. The molecule has 1 fully saturated rings. The highest BCUT2D eigenvalue weighted by Crippen LogP contribution is 2.41. The van der Waals surface area contributed by atoms with Gasteiger partial charge in [0.25, 0.3) is 0 Å². The number of carbonyl (C=O) groups excluding carboxylic acids is 1. The number of anilines is 1. The number of rotatable bonds is 5. The SMILES string of the molecule is COc1cc(C)c(NC(=O)C2(CN)CCC2)cc1OC. The van der Waals surface area contributed by atoms with E-state index in [-0.39, 0.29) is 11.3 Å². The van der Waals surface area contributed by atoms with Crippen LogP contribution in [0, 0.1) is 12.3 Å². The summed E-state index contributed by atoms with van der Waals surface area (Å²) in [5.41, 5.74) is 7.04. The lowest BCUT2D eigenvalue weighted by Crippen LogP contribution is -2.47. The van der Waals surface area contributed by atoms with Crippen LogP contribution in [-0.2, 0) is 4.79 Å². The largest absolute Gasteiger partial charge is 0.493 e. The van der Waals surface area contributed by atoms with Gasteiger partial charge in [-0.1, -0.05) is 6.42 Å². The van der Waals surface area contributed by atoms with E-state index < -0.39 is 0 Å². The Bertz CT molecular complexity index is 505. The summed E-state index contributed by atoms with van der Waals surface area (Å²) in [5, 5.41) is 2.98. The van der Waals surface area contributed by atoms with Gasteiger partial charge in [0.05, 0.1) is 19.6 Å². The molecule has 110 valence electrons. The highest BCUT2D eigenvalue weighted by atomic mass is 16.5. The number of methoxy groups -OCH3 is 2. The Morgan fingerprint density at radius 3 is 2.35 bits per heavy atom. The normalized spacial score (nSPS) is 16.2. The number of carbonyl (C=O) groups is 1. The van der Waals surface area contributed by atoms with Crippen molar-refractivity contribution in [1.29, 1.82) is 0 Å². The van der Waals surface area contributed by atoms with Crippen molar-refractivity contribution in [2.24, 2.45) is 11.1 Å². The molecule has 0 aliphatic heterocycles. The minimum atomic E-state index is -0.389. The third kappa shape index (κ3) is 2.45. The molecule has 0 unspecified atom stereocenters. The van der Waals surface area contributed by atoms with Crippen molar-refractivity contribution in [2.45, 2.75) is 26.2 Å². The summed E-state index contributed by atoms with van der Waals surface area (Å²) >= 11 is 0. The van der Waals surface area contributed by atoms with Crippen LogP contribution in [0.2, 0.25) is 0 Å². The van der Waals surface area contributed by atoms with Crippen molar-refractivity contribution >= 4 is 11.6 Å². The number of nitrogens with one attached hydrogen (secondary N) is 1. The second-order valence-electron chi connectivity index (χ2n) is 5.31.